The summed E-state index contributed by atoms with van der Waals surface area (Å²) in [4.78, 5) is 2.32. The molecular formula is C10H16FN. The Labute approximate surface area is 73.2 Å². The molecule has 2 aliphatic rings. The zero-order chi connectivity index (χ0) is 8.77. The van der Waals surface area contributed by atoms with Crippen molar-refractivity contribution >= 4 is 0 Å². The third kappa shape index (κ3) is 1.01. The number of halogens is 1. The Morgan fingerprint density at radius 1 is 1.58 bits per heavy atom. The molecule has 0 radical (unpaired) electrons. The fraction of sp³-hybridized carbons (Fsp3) is 0.800. The molecule has 0 unspecified atom stereocenters. The highest BCUT2D eigenvalue weighted by atomic mass is 19.1. The normalized spacial score (nSPS) is 45.6. The Balaban J connectivity index is 2.09. The van der Waals surface area contributed by atoms with Crippen molar-refractivity contribution in [2.75, 3.05) is 13.6 Å². The lowest BCUT2D eigenvalue weighted by atomic mass is 9.67. The zero-order valence-corrected chi connectivity index (χ0v) is 7.81. The van der Waals surface area contributed by atoms with Gasteiger partial charge in [0.15, 0.2) is 0 Å². The maximum atomic E-state index is 12.3. The van der Waals surface area contributed by atoms with Crippen molar-refractivity contribution in [3.63, 3.8) is 0 Å². The molecule has 0 aromatic carbocycles. The molecule has 1 saturated heterocycles. The van der Waals surface area contributed by atoms with Crippen LogP contribution < -0.4 is 0 Å². The molecule has 0 bridgehead atoms. The van der Waals surface area contributed by atoms with E-state index < -0.39 is 0 Å². The summed E-state index contributed by atoms with van der Waals surface area (Å²) in [7, 11) is 2.11. The predicted octanol–water partition coefficient (Wildman–Crippen LogP) is 2.34. The lowest BCUT2D eigenvalue weighted by Crippen LogP contribution is -2.51. The van der Waals surface area contributed by atoms with E-state index in [1.807, 2.05) is 0 Å². The summed E-state index contributed by atoms with van der Waals surface area (Å²) in [5.41, 5.74) is 1.32. The molecule has 1 heterocycles. The second-order valence-corrected chi connectivity index (χ2v) is 4.54. The monoisotopic (exact) mass is 169 g/mol. The number of likely N-dealkylation sites (tertiary alicyclic amines) is 1. The molecule has 2 heteroatoms. The molecule has 1 aliphatic heterocycles. The highest BCUT2D eigenvalue weighted by Gasteiger charge is 2.49. The van der Waals surface area contributed by atoms with Crippen molar-refractivity contribution in [2.45, 2.75) is 31.7 Å². The van der Waals surface area contributed by atoms with E-state index in [0.717, 1.165) is 30.8 Å². The van der Waals surface area contributed by atoms with Crippen LogP contribution in [-0.4, -0.2) is 24.0 Å². The average molecular weight is 169 g/mol. The lowest BCUT2D eigenvalue weighted by Gasteiger charge is -2.48. The Bertz CT molecular complexity index is 216. The molecule has 12 heavy (non-hydrogen) atoms. The Morgan fingerprint density at radius 3 is 2.67 bits per heavy atom. The number of likely N-dealkylation sites (N-methyl/N-ethyl adjacent to an activating group) is 1. The molecule has 1 saturated carbocycles. The molecule has 2 fully saturated rings. The Morgan fingerprint density at radius 2 is 2.25 bits per heavy atom. The molecule has 68 valence electrons. The van der Waals surface area contributed by atoms with Crippen LogP contribution in [0.2, 0.25) is 0 Å². The predicted molar refractivity (Wildman–Crippen MR) is 47.6 cm³/mol. The molecule has 0 aromatic heterocycles. The van der Waals surface area contributed by atoms with E-state index in [2.05, 4.69) is 18.9 Å². The maximum absolute atomic E-state index is 12.3. The minimum absolute atomic E-state index is 0.345. The summed E-state index contributed by atoms with van der Waals surface area (Å²) in [6.07, 6.45) is 4.26. The standard InChI is InChI=1S/C10H16FN/c1-8-3-10(4-8)5-9(6-11)7-12(10)2/h6,8H,3-5,7H2,1-2H3/b9-6+. The number of hydrogen-bond acceptors (Lipinski definition) is 1. The summed E-state index contributed by atoms with van der Waals surface area (Å²) in [5, 5.41) is 0. The van der Waals surface area contributed by atoms with E-state index in [0.29, 0.717) is 5.54 Å². The maximum Gasteiger partial charge on any atom is 0.0872 e. The fourth-order valence-electron chi connectivity index (χ4n) is 2.85. The van der Waals surface area contributed by atoms with Crippen LogP contribution in [0.4, 0.5) is 4.39 Å². The van der Waals surface area contributed by atoms with Crippen LogP contribution in [0.15, 0.2) is 11.9 Å². The molecule has 1 nitrogen and oxygen atoms in total. The quantitative estimate of drug-likeness (QED) is 0.538. The van der Waals surface area contributed by atoms with Crippen LogP contribution in [0.1, 0.15) is 26.2 Å². The molecule has 2 rings (SSSR count). The van der Waals surface area contributed by atoms with E-state index in [9.17, 15) is 4.39 Å². The van der Waals surface area contributed by atoms with Crippen molar-refractivity contribution in [1.29, 1.82) is 0 Å². The molecule has 0 aromatic rings. The molecule has 0 N–H and O–H groups in total. The molecular weight excluding hydrogens is 153 g/mol. The van der Waals surface area contributed by atoms with Crippen LogP contribution in [0.3, 0.4) is 0 Å². The largest absolute Gasteiger partial charge is 0.296 e. The number of hydrogen-bond donors (Lipinski definition) is 0. The van der Waals surface area contributed by atoms with Gasteiger partial charge in [0.1, 0.15) is 0 Å². The van der Waals surface area contributed by atoms with Crippen molar-refractivity contribution in [1.82, 2.24) is 4.90 Å². The summed E-state index contributed by atoms with van der Waals surface area (Å²) >= 11 is 0. The number of rotatable bonds is 0. The van der Waals surface area contributed by atoms with Gasteiger partial charge in [-0.05, 0) is 37.8 Å². The lowest BCUT2D eigenvalue weighted by molar-refractivity contribution is 0.0331. The van der Waals surface area contributed by atoms with Crippen molar-refractivity contribution in [2.24, 2.45) is 5.92 Å². The van der Waals surface area contributed by atoms with Gasteiger partial charge >= 0.3 is 0 Å². The van der Waals surface area contributed by atoms with Gasteiger partial charge in [0, 0.05) is 12.1 Å². The Hall–Kier alpha value is -0.370. The van der Waals surface area contributed by atoms with E-state index in [1.165, 1.54) is 12.8 Å². The van der Waals surface area contributed by atoms with Gasteiger partial charge in [-0.1, -0.05) is 6.92 Å². The first-order valence-electron chi connectivity index (χ1n) is 4.66. The summed E-state index contributed by atoms with van der Waals surface area (Å²) in [5.74, 6) is 0.839. The van der Waals surface area contributed by atoms with Crippen molar-refractivity contribution < 1.29 is 4.39 Å². The molecule has 0 amide bonds. The van der Waals surface area contributed by atoms with Crippen LogP contribution >= 0.6 is 0 Å². The smallest absolute Gasteiger partial charge is 0.0872 e. The summed E-state index contributed by atoms with van der Waals surface area (Å²) in [6.45, 7) is 3.11. The second kappa shape index (κ2) is 2.56. The number of nitrogens with zero attached hydrogens (tertiary/aromatic N) is 1. The van der Waals surface area contributed by atoms with Crippen molar-refractivity contribution in [3.8, 4) is 0 Å². The van der Waals surface area contributed by atoms with Gasteiger partial charge in [0.25, 0.3) is 0 Å². The third-order valence-electron chi connectivity index (χ3n) is 3.42. The minimum atomic E-state index is 0.345. The highest BCUT2D eigenvalue weighted by molar-refractivity contribution is 5.19. The van der Waals surface area contributed by atoms with E-state index in [-0.39, 0.29) is 0 Å². The van der Waals surface area contributed by atoms with Gasteiger partial charge in [0.05, 0.1) is 6.33 Å². The van der Waals surface area contributed by atoms with Crippen LogP contribution in [0.5, 0.6) is 0 Å². The van der Waals surface area contributed by atoms with Gasteiger partial charge in [-0.2, -0.15) is 0 Å². The summed E-state index contributed by atoms with van der Waals surface area (Å²) < 4.78 is 12.3. The Kier molecular flexibility index (Phi) is 1.76. The van der Waals surface area contributed by atoms with E-state index in [4.69, 9.17) is 0 Å². The first-order valence-corrected chi connectivity index (χ1v) is 4.66. The van der Waals surface area contributed by atoms with Crippen LogP contribution in [0.25, 0.3) is 0 Å². The average Bonchev–Trinajstić information content (AvgIpc) is 2.28. The topological polar surface area (TPSA) is 3.24 Å². The van der Waals surface area contributed by atoms with Gasteiger partial charge in [-0.3, -0.25) is 4.90 Å². The van der Waals surface area contributed by atoms with Gasteiger partial charge in [0.2, 0.25) is 0 Å². The molecule has 0 atom stereocenters. The van der Waals surface area contributed by atoms with Crippen LogP contribution in [0, 0.1) is 5.92 Å². The second-order valence-electron chi connectivity index (χ2n) is 4.54. The van der Waals surface area contributed by atoms with Gasteiger partial charge < -0.3 is 0 Å². The summed E-state index contributed by atoms with van der Waals surface area (Å²) in [6, 6.07) is 0. The van der Waals surface area contributed by atoms with Gasteiger partial charge in [-0.15, -0.1) is 0 Å². The molecule has 1 spiro atoms. The first kappa shape index (κ1) is 8.24. The van der Waals surface area contributed by atoms with E-state index in [1.54, 1.807) is 0 Å². The van der Waals surface area contributed by atoms with E-state index >= 15 is 0 Å². The SMILES string of the molecule is CC1CC2(C/C(=C\F)CN2C)C1. The van der Waals surface area contributed by atoms with Crippen LogP contribution in [-0.2, 0) is 0 Å². The van der Waals surface area contributed by atoms with Gasteiger partial charge in [-0.25, -0.2) is 4.39 Å². The third-order valence-corrected chi connectivity index (χ3v) is 3.42. The molecule has 1 aliphatic carbocycles. The highest BCUT2D eigenvalue weighted by Crippen LogP contribution is 2.49. The minimum Gasteiger partial charge on any atom is -0.296 e. The van der Waals surface area contributed by atoms with Crippen molar-refractivity contribution in [3.05, 3.63) is 11.9 Å². The fourth-order valence-corrected chi connectivity index (χ4v) is 2.85. The zero-order valence-electron chi connectivity index (χ0n) is 7.81. The first-order chi connectivity index (χ1) is 5.66.